The van der Waals surface area contributed by atoms with Gasteiger partial charge in [0.1, 0.15) is 0 Å². The molecule has 1 aromatic carbocycles. The number of hydrogen-bond acceptors (Lipinski definition) is 1. The minimum absolute atomic E-state index is 0.666. The molecule has 1 nitrogen and oxygen atoms in total. The fourth-order valence-electron chi connectivity index (χ4n) is 3.14. The van der Waals surface area contributed by atoms with Crippen molar-refractivity contribution >= 4 is 23.2 Å². The highest BCUT2D eigenvalue weighted by atomic mass is 35.5. The third-order valence-electron chi connectivity index (χ3n) is 4.08. The van der Waals surface area contributed by atoms with Crippen molar-refractivity contribution < 1.29 is 0 Å². The molecule has 0 bridgehead atoms. The standard InChI is InChI=1S/C16H23Cl2N/c1-2-19-13-7-4-3-6-12(10-13)11-14-15(17)8-5-9-16(14)18/h5,8-9,12-13,19H,2-4,6-7,10-11H2,1H3. The summed E-state index contributed by atoms with van der Waals surface area (Å²) in [6, 6.07) is 6.48. The largest absolute Gasteiger partial charge is 0.314 e. The number of benzene rings is 1. The summed E-state index contributed by atoms with van der Waals surface area (Å²) in [5.74, 6) is 0.698. The van der Waals surface area contributed by atoms with Gasteiger partial charge in [0.25, 0.3) is 0 Å². The minimum atomic E-state index is 0.666. The van der Waals surface area contributed by atoms with E-state index >= 15 is 0 Å². The van der Waals surface area contributed by atoms with Crippen LogP contribution in [0.25, 0.3) is 0 Å². The van der Waals surface area contributed by atoms with Crippen LogP contribution in [0.5, 0.6) is 0 Å². The predicted molar refractivity (Wildman–Crippen MR) is 84.2 cm³/mol. The van der Waals surface area contributed by atoms with Crippen LogP contribution in [0.15, 0.2) is 18.2 Å². The molecule has 2 rings (SSSR count). The molecule has 0 spiro atoms. The van der Waals surface area contributed by atoms with Gasteiger partial charge in [0.15, 0.2) is 0 Å². The highest BCUT2D eigenvalue weighted by Gasteiger charge is 2.21. The Kier molecular flexibility index (Phi) is 6.00. The molecule has 1 N–H and O–H groups in total. The zero-order valence-electron chi connectivity index (χ0n) is 11.6. The second-order valence-electron chi connectivity index (χ2n) is 5.55. The lowest BCUT2D eigenvalue weighted by Crippen LogP contribution is -2.30. The number of rotatable bonds is 4. The molecule has 0 saturated heterocycles. The summed E-state index contributed by atoms with van der Waals surface area (Å²) in [4.78, 5) is 0. The van der Waals surface area contributed by atoms with Gasteiger partial charge in [0.2, 0.25) is 0 Å². The van der Waals surface area contributed by atoms with E-state index in [9.17, 15) is 0 Å². The maximum absolute atomic E-state index is 6.29. The Balaban J connectivity index is 2.04. The van der Waals surface area contributed by atoms with Crippen LogP contribution in [-0.2, 0) is 6.42 Å². The van der Waals surface area contributed by atoms with Crippen LogP contribution in [0.4, 0.5) is 0 Å². The molecule has 0 heterocycles. The lowest BCUT2D eigenvalue weighted by molar-refractivity contribution is 0.389. The van der Waals surface area contributed by atoms with Crippen molar-refractivity contribution in [3.8, 4) is 0 Å². The molecule has 0 radical (unpaired) electrons. The second kappa shape index (κ2) is 7.52. The molecular weight excluding hydrogens is 277 g/mol. The van der Waals surface area contributed by atoms with Gasteiger partial charge >= 0.3 is 0 Å². The van der Waals surface area contributed by atoms with E-state index in [4.69, 9.17) is 23.2 Å². The van der Waals surface area contributed by atoms with Crippen LogP contribution in [0.2, 0.25) is 10.0 Å². The van der Waals surface area contributed by atoms with Gasteiger partial charge in [-0.15, -0.1) is 0 Å². The Bertz CT molecular complexity index is 385. The van der Waals surface area contributed by atoms with Crippen molar-refractivity contribution in [2.45, 2.75) is 51.5 Å². The SMILES string of the molecule is CCNC1CCCCC(Cc2c(Cl)cccc2Cl)C1. The van der Waals surface area contributed by atoms with Gasteiger partial charge in [-0.25, -0.2) is 0 Å². The molecule has 1 aliphatic carbocycles. The monoisotopic (exact) mass is 299 g/mol. The normalized spacial score (nSPS) is 24.2. The summed E-state index contributed by atoms with van der Waals surface area (Å²) in [5.41, 5.74) is 1.13. The van der Waals surface area contributed by atoms with E-state index in [1.165, 1.54) is 32.1 Å². The van der Waals surface area contributed by atoms with Gasteiger partial charge in [-0.05, 0) is 49.4 Å². The summed E-state index contributed by atoms with van der Waals surface area (Å²) in [5, 5.41) is 5.24. The van der Waals surface area contributed by atoms with E-state index in [-0.39, 0.29) is 0 Å². The number of nitrogens with one attached hydrogen (secondary N) is 1. The molecule has 1 saturated carbocycles. The predicted octanol–water partition coefficient (Wildman–Crippen LogP) is 5.09. The highest BCUT2D eigenvalue weighted by Crippen LogP contribution is 2.32. The van der Waals surface area contributed by atoms with Crippen molar-refractivity contribution in [1.29, 1.82) is 0 Å². The summed E-state index contributed by atoms with van der Waals surface area (Å²) in [6.45, 7) is 3.25. The minimum Gasteiger partial charge on any atom is -0.314 e. The fourth-order valence-corrected chi connectivity index (χ4v) is 3.69. The summed E-state index contributed by atoms with van der Waals surface area (Å²) in [7, 11) is 0. The van der Waals surface area contributed by atoms with Crippen LogP contribution in [0, 0.1) is 5.92 Å². The fraction of sp³-hybridized carbons (Fsp3) is 0.625. The highest BCUT2D eigenvalue weighted by molar-refractivity contribution is 6.35. The smallest absolute Gasteiger partial charge is 0.0452 e. The Labute approximate surface area is 126 Å². The van der Waals surface area contributed by atoms with Crippen molar-refractivity contribution in [1.82, 2.24) is 5.32 Å². The number of hydrogen-bond donors (Lipinski definition) is 1. The van der Waals surface area contributed by atoms with Gasteiger partial charge in [-0.1, -0.05) is 55.5 Å². The van der Waals surface area contributed by atoms with Crippen LogP contribution >= 0.6 is 23.2 Å². The van der Waals surface area contributed by atoms with Crippen LogP contribution < -0.4 is 5.32 Å². The third-order valence-corrected chi connectivity index (χ3v) is 4.79. The first-order valence-electron chi connectivity index (χ1n) is 7.37. The average Bonchev–Trinajstić information content (AvgIpc) is 2.60. The van der Waals surface area contributed by atoms with E-state index < -0.39 is 0 Å². The van der Waals surface area contributed by atoms with Gasteiger partial charge < -0.3 is 5.32 Å². The van der Waals surface area contributed by atoms with E-state index in [2.05, 4.69) is 12.2 Å². The Hall–Kier alpha value is -0.240. The molecule has 0 aliphatic heterocycles. The third kappa shape index (κ3) is 4.37. The Morgan fingerprint density at radius 1 is 1.16 bits per heavy atom. The van der Waals surface area contributed by atoms with Crippen LogP contribution in [0.3, 0.4) is 0 Å². The van der Waals surface area contributed by atoms with E-state index in [1.54, 1.807) is 0 Å². The molecule has 106 valence electrons. The molecular formula is C16H23Cl2N. The molecule has 2 unspecified atom stereocenters. The van der Waals surface area contributed by atoms with Crippen molar-refractivity contribution in [3.05, 3.63) is 33.8 Å². The second-order valence-corrected chi connectivity index (χ2v) is 6.36. The van der Waals surface area contributed by atoms with Crippen LogP contribution in [0.1, 0.15) is 44.6 Å². The summed E-state index contributed by atoms with van der Waals surface area (Å²) < 4.78 is 0. The first kappa shape index (κ1) is 15.2. The zero-order valence-corrected chi connectivity index (χ0v) is 13.1. The van der Waals surface area contributed by atoms with Gasteiger partial charge in [0.05, 0.1) is 0 Å². The first-order valence-corrected chi connectivity index (χ1v) is 8.12. The average molecular weight is 300 g/mol. The maximum Gasteiger partial charge on any atom is 0.0452 e. The Morgan fingerprint density at radius 3 is 2.53 bits per heavy atom. The zero-order chi connectivity index (χ0) is 13.7. The first-order chi connectivity index (χ1) is 9.20. The molecule has 3 heteroatoms. The lowest BCUT2D eigenvalue weighted by Gasteiger charge is -2.21. The van der Waals surface area contributed by atoms with Crippen molar-refractivity contribution in [2.75, 3.05) is 6.54 Å². The van der Waals surface area contributed by atoms with E-state index in [0.29, 0.717) is 12.0 Å². The lowest BCUT2D eigenvalue weighted by atomic mass is 9.91. The van der Waals surface area contributed by atoms with Gasteiger partial charge in [-0.3, -0.25) is 0 Å². The van der Waals surface area contributed by atoms with E-state index in [1.807, 2.05) is 18.2 Å². The molecule has 2 atom stereocenters. The van der Waals surface area contributed by atoms with Gasteiger partial charge in [0, 0.05) is 16.1 Å². The topological polar surface area (TPSA) is 12.0 Å². The molecule has 1 aliphatic rings. The number of halogens is 2. The Morgan fingerprint density at radius 2 is 1.84 bits per heavy atom. The molecule has 0 amide bonds. The molecule has 1 aromatic rings. The van der Waals surface area contributed by atoms with Crippen molar-refractivity contribution in [3.63, 3.8) is 0 Å². The summed E-state index contributed by atoms with van der Waals surface area (Å²) >= 11 is 12.6. The van der Waals surface area contributed by atoms with Gasteiger partial charge in [-0.2, -0.15) is 0 Å². The van der Waals surface area contributed by atoms with Crippen molar-refractivity contribution in [2.24, 2.45) is 5.92 Å². The molecule has 19 heavy (non-hydrogen) atoms. The maximum atomic E-state index is 6.29. The summed E-state index contributed by atoms with van der Waals surface area (Å²) in [6.07, 6.45) is 7.53. The molecule has 1 fully saturated rings. The van der Waals surface area contributed by atoms with Crippen LogP contribution in [-0.4, -0.2) is 12.6 Å². The quantitative estimate of drug-likeness (QED) is 0.763. The molecule has 0 aromatic heterocycles. The van der Waals surface area contributed by atoms with E-state index in [0.717, 1.165) is 28.6 Å².